The molecule has 98 valence electrons. The van der Waals surface area contributed by atoms with Crippen LogP contribution in [-0.2, 0) is 19.6 Å². The molecule has 0 spiro atoms. The zero-order chi connectivity index (χ0) is 12.5. The van der Waals surface area contributed by atoms with Crippen molar-refractivity contribution in [3.8, 4) is 0 Å². The van der Waals surface area contributed by atoms with E-state index in [-0.39, 0.29) is 6.61 Å². The van der Waals surface area contributed by atoms with Crippen molar-refractivity contribution in [1.29, 1.82) is 0 Å². The fourth-order valence-electron chi connectivity index (χ4n) is 2.43. The van der Waals surface area contributed by atoms with Crippen molar-refractivity contribution < 1.29 is 23.1 Å². The second-order valence-corrected chi connectivity index (χ2v) is 6.66. The predicted molar refractivity (Wildman–Crippen MR) is 60.1 cm³/mol. The van der Waals surface area contributed by atoms with Gasteiger partial charge in [-0.25, -0.2) is 8.42 Å². The quantitative estimate of drug-likeness (QED) is 0.777. The van der Waals surface area contributed by atoms with Crippen molar-refractivity contribution >= 4 is 16.0 Å². The van der Waals surface area contributed by atoms with E-state index in [4.69, 9.17) is 9.84 Å². The molecule has 1 N–H and O–H groups in total. The fourth-order valence-corrected chi connectivity index (χ4v) is 4.48. The summed E-state index contributed by atoms with van der Waals surface area (Å²) >= 11 is 0. The van der Waals surface area contributed by atoms with Gasteiger partial charge in [0.2, 0.25) is 10.0 Å². The summed E-state index contributed by atoms with van der Waals surface area (Å²) in [6.07, 6.45) is 2.30. The summed E-state index contributed by atoms with van der Waals surface area (Å²) in [7, 11) is -3.53. The molecule has 0 bridgehead atoms. The molecule has 17 heavy (non-hydrogen) atoms. The van der Waals surface area contributed by atoms with Crippen LogP contribution >= 0.6 is 0 Å². The lowest BCUT2D eigenvalue weighted by Gasteiger charge is -2.29. The Morgan fingerprint density at radius 1 is 1.29 bits per heavy atom. The number of rotatable bonds is 3. The minimum Gasteiger partial charge on any atom is -0.480 e. The van der Waals surface area contributed by atoms with Crippen LogP contribution in [0.5, 0.6) is 0 Å². The first-order chi connectivity index (χ1) is 8.03. The minimum atomic E-state index is -3.53. The summed E-state index contributed by atoms with van der Waals surface area (Å²) in [6.45, 7) is 1.09. The van der Waals surface area contributed by atoms with Gasteiger partial charge in [0, 0.05) is 13.2 Å². The lowest BCUT2D eigenvalue weighted by atomic mass is 10.2. The van der Waals surface area contributed by atoms with E-state index in [0.717, 1.165) is 10.7 Å². The molecule has 2 saturated heterocycles. The lowest BCUT2D eigenvalue weighted by Crippen LogP contribution is -2.47. The second kappa shape index (κ2) is 4.91. The summed E-state index contributed by atoms with van der Waals surface area (Å²) < 4.78 is 30.9. The number of hydrogen-bond donors (Lipinski definition) is 1. The molecule has 2 rings (SSSR count). The van der Waals surface area contributed by atoms with E-state index >= 15 is 0 Å². The van der Waals surface area contributed by atoms with E-state index in [1.165, 1.54) is 0 Å². The summed E-state index contributed by atoms with van der Waals surface area (Å²) in [4.78, 5) is 11.0. The standard InChI is InChI=1S/C10H17NO5S/c12-10(13)9-4-1-5-11(9)17(14,15)8-3-2-6-16-7-8/h8-9H,1-7H2,(H,12,13). The second-order valence-electron chi connectivity index (χ2n) is 4.49. The summed E-state index contributed by atoms with van der Waals surface area (Å²) in [5.74, 6) is -1.05. The number of carbonyl (C=O) groups is 1. The highest BCUT2D eigenvalue weighted by Gasteiger charge is 2.42. The Morgan fingerprint density at radius 2 is 2.06 bits per heavy atom. The van der Waals surface area contributed by atoms with Crippen molar-refractivity contribution in [1.82, 2.24) is 4.31 Å². The van der Waals surface area contributed by atoms with Crippen LogP contribution in [0.1, 0.15) is 25.7 Å². The number of aliphatic carboxylic acids is 1. The fraction of sp³-hybridized carbons (Fsp3) is 0.900. The van der Waals surface area contributed by atoms with Gasteiger partial charge in [-0.15, -0.1) is 0 Å². The number of sulfonamides is 1. The molecule has 2 aliphatic rings. The predicted octanol–water partition coefficient (Wildman–Crippen LogP) is 0.0442. The molecule has 2 unspecified atom stereocenters. The number of nitrogens with zero attached hydrogens (tertiary/aromatic N) is 1. The molecular formula is C10H17NO5S. The third-order valence-corrected chi connectivity index (χ3v) is 5.66. The van der Waals surface area contributed by atoms with Crippen LogP contribution in [0.4, 0.5) is 0 Å². The van der Waals surface area contributed by atoms with Crippen LogP contribution in [0.25, 0.3) is 0 Å². The maximum absolute atomic E-state index is 12.3. The molecule has 2 atom stereocenters. The van der Waals surface area contributed by atoms with E-state index in [1.54, 1.807) is 0 Å². The molecule has 0 aromatic heterocycles. The van der Waals surface area contributed by atoms with Crippen LogP contribution in [0.2, 0.25) is 0 Å². The normalized spacial score (nSPS) is 31.5. The van der Waals surface area contributed by atoms with Crippen LogP contribution in [0, 0.1) is 0 Å². The number of ether oxygens (including phenoxy) is 1. The van der Waals surface area contributed by atoms with Gasteiger partial charge in [0.15, 0.2) is 0 Å². The zero-order valence-corrected chi connectivity index (χ0v) is 10.4. The van der Waals surface area contributed by atoms with Crippen LogP contribution in [0.15, 0.2) is 0 Å². The van der Waals surface area contributed by atoms with Gasteiger partial charge in [0.25, 0.3) is 0 Å². The van der Waals surface area contributed by atoms with E-state index in [2.05, 4.69) is 0 Å². The summed E-state index contributed by atoms with van der Waals surface area (Å²) in [5, 5.41) is 8.44. The first-order valence-electron chi connectivity index (χ1n) is 5.84. The van der Waals surface area contributed by atoms with Crippen molar-refractivity contribution in [2.24, 2.45) is 0 Å². The molecule has 0 amide bonds. The van der Waals surface area contributed by atoms with E-state index < -0.39 is 27.3 Å². The maximum atomic E-state index is 12.3. The maximum Gasteiger partial charge on any atom is 0.322 e. The molecule has 2 heterocycles. The van der Waals surface area contributed by atoms with Crippen LogP contribution < -0.4 is 0 Å². The average Bonchev–Trinajstić information content (AvgIpc) is 2.80. The highest BCUT2D eigenvalue weighted by Crippen LogP contribution is 2.26. The molecule has 7 heteroatoms. The van der Waals surface area contributed by atoms with Gasteiger partial charge in [-0.05, 0) is 25.7 Å². The zero-order valence-electron chi connectivity index (χ0n) is 9.54. The van der Waals surface area contributed by atoms with Gasteiger partial charge in [-0.3, -0.25) is 4.79 Å². The van der Waals surface area contributed by atoms with Crippen LogP contribution in [0.3, 0.4) is 0 Å². The first kappa shape index (κ1) is 12.8. The van der Waals surface area contributed by atoms with Gasteiger partial charge in [0.05, 0.1) is 11.9 Å². The Bertz CT molecular complexity index is 388. The molecule has 2 aliphatic heterocycles. The van der Waals surface area contributed by atoms with Gasteiger partial charge in [-0.1, -0.05) is 0 Å². The van der Waals surface area contributed by atoms with E-state index in [9.17, 15) is 13.2 Å². The average molecular weight is 263 g/mol. The van der Waals surface area contributed by atoms with Crippen molar-refractivity contribution in [2.45, 2.75) is 37.0 Å². The Kier molecular flexibility index (Phi) is 3.70. The first-order valence-corrected chi connectivity index (χ1v) is 7.35. The highest BCUT2D eigenvalue weighted by atomic mass is 32.2. The Balaban J connectivity index is 2.16. The molecule has 0 aromatic carbocycles. The minimum absolute atomic E-state index is 0.186. The molecule has 0 saturated carbocycles. The largest absolute Gasteiger partial charge is 0.480 e. The van der Waals surface area contributed by atoms with Gasteiger partial charge >= 0.3 is 5.97 Å². The summed E-state index contributed by atoms with van der Waals surface area (Å²) in [5.41, 5.74) is 0. The molecule has 6 nitrogen and oxygen atoms in total. The van der Waals surface area contributed by atoms with Crippen LogP contribution in [-0.4, -0.2) is 54.8 Å². The van der Waals surface area contributed by atoms with Gasteiger partial charge in [0.1, 0.15) is 6.04 Å². The Morgan fingerprint density at radius 3 is 2.65 bits per heavy atom. The molecule has 0 aliphatic carbocycles. The number of carboxylic acids is 1. The van der Waals surface area contributed by atoms with Gasteiger partial charge < -0.3 is 9.84 Å². The van der Waals surface area contributed by atoms with Gasteiger partial charge in [-0.2, -0.15) is 4.31 Å². The molecule has 2 fully saturated rings. The lowest BCUT2D eigenvalue weighted by molar-refractivity contribution is -0.140. The Hall–Kier alpha value is -0.660. The molecule has 0 radical (unpaired) electrons. The number of hydrogen-bond acceptors (Lipinski definition) is 4. The number of carboxylic acid groups (broad SMARTS) is 1. The topological polar surface area (TPSA) is 83.9 Å². The van der Waals surface area contributed by atoms with E-state index in [0.29, 0.717) is 32.4 Å². The van der Waals surface area contributed by atoms with Crippen molar-refractivity contribution in [3.63, 3.8) is 0 Å². The third-order valence-electron chi connectivity index (χ3n) is 3.36. The molecule has 0 aromatic rings. The van der Waals surface area contributed by atoms with E-state index in [1.807, 2.05) is 0 Å². The smallest absolute Gasteiger partial charge is 0.322 e. The SMILES string of the molecule is O=C(O)C1CCCN1S(=O)(=O)C1CCCOC1. The molecular weight excluding hydrogens is 246 g/mol. The highest BCUT2D eigenvalue weighted by molar-refractivity contribution is 7.89. The Labute approximate surface area is 101 Å². The monoisotopic (exact) mass is 263 g/mol. The van der Waals surface area contributed by atoms with Crippen molar-refractivity contribution in [3.05, 3.63) is 0 Å². The summed E-state index contributed by atoms with van der Waals surface area (Å²) in [6, 6.07) is -0.887. The van der Waals surface area contributed by atoms with Crippen molar-refractivity contribution in [2.75, 3.05) is 19.8 Å². The third kappa shape index (κ3) is 2.46.